The third-order valence-corrected chi connectivity index (χ3v) is 7.32. The standard InChI is InChI=1S/C25H27F6N5O3/c1-34-15-32-22(39)23(34)9-11-35(12-10-23)21(38)14-36-19(3-2-8-24(26,27)28)33-18(13-20(36)37)16-4-6-17(7-5-16)25(29,30)31/h4-7,13H,2-3,8-12,14-15H2,1H3,(H,32,39). The number of nitrogens with one attached hydrogen (secondary N) is 1. The molecule has 4 rings (SSSR count). The smallest absolute Gasteiger partial charge is 0.342 e. The highest BCUT2D eigenvalue weighted by molar-refractivity contribution is 5.88. The maximum atomic E-state index is 13.1. The maximum absolute atomic E-state index is 13.1. The zero-order valence-corrected chi connectivity index (χ0v) is 21.0. The van der Waals surface area contributed by atoms with Crippen LogP contribution in [0.5, 0.6) is 0 Å². The second kappa shape index (κ2) is 10.6. The van der Waals surface area contributed by atoms with E-state index in [9.17, 15) is 40.7 Å². The molecule has 0 saturated carbocycles. The summed E-state index contributed by atoms with van der Waals surface area (Å²) >= 11 is 0. The number of rotatable bonds is 6. The molecule has 14 heteroatoms. The van der Waals surface area contributed by atoms with Gasteiger partial charge < -0.3 is 10.2 Å². The molecule has 0 atom stereocenters. The number of carbonyl (C=O) groups excluding carboxylic acids is 2. The largest absolute Gasteiger partial charge is 0.416 e. The Morgan fingerprint density at radius 3 is 2.23 bits per heavy atom. The van der Waals surface area contributed by atoms with Gasteiger partial charge in [0.25, 0.3) is 5.56 Å². The van der Waals surface area contributed by atoms with Crippen molar-refractivity contribution in [3.63, 3.8) is 0 Å². The summed E-state index contributed by atoms with van der Waals surface area (Å²) in [5.74, 6) is -0.629. The summed E-state index contributed by atoms with van der Waals surface area (Å²) < 4.78 is 78.1. The van der Waals surface area contributed by atoms with Crippen molar-refractivity contribution >= 4 is 11.8 Å². The van der Waals surface area contributed by atoms with Gasteiger partial charge in [-0.2, -0.15) is 26.3 Å². The molecule has 212 valence electrons. The highest BCUT2D eigenvalue weighted by atomic mass is 19.4. The molecule has 0 radical (unpaired) electrons. The van der Waals surface area contributed by atoms with Gasteiger partial charge in [0.05, 0.1) is 17.9 Å². The van der Waals surface area contributed by atoms with E-state index in [0.29, 0.717) is 19.5 Å². The lowest BCUT2D eigenvalue weighted by Gasteiger charge is -2.41. The normalized spacial score (nSPS) is 18.0. The average molecular weight is 560 g/mol. The number of nitrogens with zero attached hydrogens (tertiary/aromatic N) is 4. The van der Waals surface area contributed by atoms with Crippen LogP contribution < -0.4 is 10.9 Å². The average Bonchev–Trinajstić information content (AvgIpc) is 3.13. The number of amides is 2. The van der Waals surface area contributed by atoms with Crippen LogP contribution in [0.25, 0.3) is 11.3 Å². The molecule has 8 nitrogen and oxygen atoms in total. The summed E-state index contributed by atoms with van der Waals surface area (Å²) in [6, 6.07) is 4.94. The van der Waals surface area contributed by atoms with Crippen molar-refractivity contribution in [1.82, 2.24) is 24.7 Å². The first-order valence-electron chi connectivity index (χ1n) is 12.3. The zero-order valence-electron chi connectivity index (χ0n) is 21.0. The summed E-state index contributed by atoms with van der Waals surface area (Å²) in [5.41, 5.74) is -2.15. The van der Waals surface area contributed by atoms with E-state index in [4.69, 9.17) is 0 Å². The molecule has 2 aliphatic rings. The Morgan fingerprint density at radius 2 is 1.69 bits per heavy atom. The van der Waals surface area contributed by atoms with E-state index in [1.807, 2.05) is 11.9 Å². The van der Waals surface area contributed by atoms with E-state index in [0.717, 1.165) is 34.9 Å². The highest BCUT2D eigenvalue weighted by Crippen LogP contribution is 2.32. The van der Waals surface area contributed by atoms with E-state index in [-0.39, 0.29) is 42.5 Å². The number of aryl methyl sites for hydroxylation is 1. The Morgan fingerprint density at radius 1 is 1.05 bits per heavy atom. The van der Waals surface area contributed by atoms with E-state index in [1.54, 1.807) is 0 Å². The molecule has 2 fully saturated rings. The Kier molecular flexibility index (Phi) is 7.79. The van der Waals surface area contributed by atoms with E-state index >= 15 is 0 Å². The summed E-state index contributed by atoms with van der Waals surface area (Å²) in [4.78, 5) is 46.1. The van der Waals surface area contributed by atoms with Crippen molar-refractivity contribution in [2.45, 2.75) is 56.5 Å². The van der Waals surface area contributed by atoms with Crippen LogP contribution in [-0.4, -0.2) is 69.7 Å². The van der Waals surface area contributed by atoms with E-state index in [1.165, 1.54) is 4.90 Å². The predicted octanol–water partition coefficient (Wildman–Crippen LogP) is 3.19. The summed E-state index contributed by atoms with van der Waals surface area (Å²) in [6.07, 6.45) is -10.0. The van der Waals surface area contributed by atoms with Crippen LogP contribution in [-0.2, 0) is 28.7 Å². The summed E-state index contributed by atoms with van der Waals surface area (Å²) in [7, 11) is 1.81. The number of hydrogen-bond donors (Lipinski definition) is 1. The molecule has 2 aliphatic heterocycles. The van der Waals surface area contributed by atoms with Gasteiger partial charge in [0, 0.05) is 37.6 Å². The molecule has 2 aromatic rings. The molecular weight excluding hydrogens is 532 g/mol. The zero-order chi connectivity index (χ0) is 28.6. The fraction of sp³-hybridized carbons (Fsp3) is 0.520. The first-order chi connectivity index (χ1) is 18.2. The number of carbonyl (C=O) groups is 2. The Bertz CT molecular complexity index is 1280. The molecule has 1 spiro atoms. The van der Waals surface area contributed by atoms with Crippen molar-refractivity contribution in [2.75, 3.05) is 26.8 Å². The molecular formula is C25H27F6N5O3. The number of likely N-dealkylation sites (tertiary alicyclic amines) is 1. The Labute approximate surface area is 219 Å². The first-order valence-corrected chi connectivity index (χ1v) is 12.3. The van der Waals surface area contributed by atoms with Crippen LogP contribution in [0.4, 0.5) is 26.3 Å². The lowest BCUT2D eigenvalue weighted by Crippen LogP contribution is -2.56. The molecule has 3 heterocycles. The van der Waals surface area contributed by atoms with Crippen LogP contribution in [0.15, 0.2) is 35.1 Å². The van der Waals surface area contributed by atoms with Crippen molar-refractivity contribution in [1.29, 1.82) is 0 Å². The topological polar surface area (TPSA) is 87.5 Å². The lowest BCUT2D eigenvalue weighted by atomic mass is 9.86. The fourth-order valence-corrected chi connectivity index (χ4v) is 4.99. The highest BCUT2D eigenvalue weighted by Gasteiger charge is 2.49. The predicted molar refractivity (Wildman–Crippen MR) is 127 cm³/mol. The molecule has 0 bridgehead atoms. The first kappa shape index (κ1) is 28.6. The molecule has 1 aromatic carbocycles. The second-order valence-corrected chi connectivity index (χ2v) is 9.80. The van der Waals surface area contributed by atoms with Gasteiger partial charge in [-0.3, -0.25) is 23.9 Å². The van der Waals surface area contributed by atoms with Gasteiger partial charge in [0.15, 0.2) is 0 Å². The van der Waals surface area contributed by atoms with Gasteiger partial charge in [-0.05, 0) is 38.4 Å². The monoisotopic (exact) mass is 559 g/mol. The molecule has 1 N–H and O–H groups in total. The van der Waals surface area contributed by atoms with Gasteiger partial charge in [-0.15, -0.1) is 0 Å². The second-order valence-electron chi connectivity index (χ2n) is 9.80. The Hall–Kier alpha value is -3.42. The minimum Gasteiger partial charge on any atom is -0.342 e. The molecule has 1 aromatic heterocycles. The van der Waals surface area contributed by atoms with Crippen LogP contribution in [0.2, 0.25) is 0 Å². The number of piperidine rings is 1. The van der Waals surface area contributed by atoms with Crippen LogP contribution in [0, 0.1) is 0 Å². The van der Waals surface area contributed by atoms with Crippen molar-refractivity contribution in [3.8, 4) is 11.3 Å². The SMILES string of the molecule is CN1CNC(=O)C12CCN(C(=O)Cn1c(CCCC(F)(F)F)nc(-c3ccc(C(F)(F)F)cc3)cc1=O)CC2. The lowest BCUT2D eigenvalue weighted by molar-refractivity contribution is -0.138. The van der Waals surface area contributed by atoms with Crippen molar-refractivity contribution < 1.29 is 35.9 Å². The van der Waals surface area contributed by atoms with Crippen molar-refractivity contribution in [2.24, 2.45) is 0 Å². The minimum absolute atomic E-state index is 0.00497. The number of benzene rings is 1. The van der Waals surface area contributed by atoms with Crippen LogP contribution >= 0.6 is 0 Å². The van der Waals surface area contributed by atoms with Gasteiger partial charge in [-0.1, -0.05) is 12.1 Å². The van der Waals surface area contributed by atoms with E-state index < -0.39 is 54.3 Å². The van der Waals surface area contributed by atoms with Crippen molar-refractivity contribution in [3.05, 3.63) is 52.1 Å². The van der Waals surface area contributed by atoms with E-state index in [2.05, 4.69) is 10.3 Å². The minimum atomic E-state index is -4.57. The van der Waals surface area contributed by atoms with Gasteiger partial charge in [-0.25, -0.2) is 4.98 Å². The van der Waals surface area contributed by atoms with Gasteiger partial charge >= 0.3 is 12.4 Å². The fourth-order valence-electron chi connectivity index (χ4n) is 4.99. The van der Waals surface area contributed by atoms with Crippen LogP contribution in [0.3, 0.4) is 0 Å². The number of halogens is 6. The molecule has 0 unspecified atom stereocenters. The number of hydrogen-bond acceptors (Lipinski definition) is 5. The molecule has 2 amide bonds. The number of alkyl halides is 6. The summed E-state index contributed by atoms with van der Waals surface area (Å²) in [5, 5.41) is 2.78. The van der Waals surface area contributed by atoms with Gasteiger partial charge in [0.2, 0.25) is 11.8 Å². The number of likely N-dealkylation sites (N-methyl/N-ethyl adjacent to an activating group) is 1. The molecule has 39 heavy (non-hydrogen) atoms. The van der Waals surface area contributed by atoms with Gasteiger partial charge in [0.1, 0.15) is 17.9 Å². The summed E-state index contributed by atoms with van der Waals surface area (Å²) in [6.45, 7) is 0.452. The maximum Gasteiger partial charge on any atom is 0.416 e. The quantitative estimate of drug-likeness (QED) is 0.550. The molecule has 0 aliphatic carbocycles. The number of aromatic nitrogens is 2. The third-order valence-electron chi connectivity index (χ3n) is 7.32. The third kappa shape index (κ3) is 6.26. The Balaban J connectivity index is 1.56. The van der Waals surface area contributed by atoms with Crippen LogP contribution in [0.1, 0.15) is 37.1 Å². The molecule has 2 saturated heterocycles.